The van der Waals surface area contributed by atoms with Gasteiger partial charge in [0.1, 0.15) is 18.1 Å². The number of amides is 1. The van der Waals surface area contributed by atoms with Crippen LogP contribution in [-0.4, -0.2) is 31.1 Å². The summed E-state index contributed by atoms with van der Waals surface area (Å²) in [4.78, 5) is 12.1. The Hall–Kier alpha value is -2.24. The lowest BCUT2D eigenvalue weighted by molar-refractivity contribution is -0.124. The van der Waals surface area contributed by atoms with Crippen molar-refractivity contribution in [3.05, 3.63) is 60.2 Å². The first-order valence-electron chi connectivity index (χ1n) is 9.13. The van der Waals surface area contributed by atoms with Crippen molar-refractivity contribution in [3.63, 3.8) is 0 Å². The van der Waals surface area contributed by atoms with Gasteiger partial charge in [-0.25, -0.2) is 0 Å². The van der Waals surface area contributed by atoms with Crippen molar-refractivity contribution in [2.45, 2.75) is 38.5 Å². The summed E-state index contributed by atoms with van der Waals surface area (Å²) >= 11 is 0. The minimum Gasteiger partial charge on any atom is -0.489 e. The van der Waals surface area contributed by atoms with Gasteiger partial charge in [0.2, 0.25) is 0 Å². The zero-order valence-electron chi connectivity index (χ0n) is 15.5. The molecule has 27 heavy (non-hydrogen) atoms. The Bertz CT molecular complexity index is 694. The van der Waals surface area contributed by atoms with Crippen LogP contribution in [-0.2, 0) is 11.4 Å². The molecule has 0 radical (unpaired) electrons. The fourth-order valence-electron chi connectivity index (χ4n) is 3.01. The zero-order valence-corrected chi connectivity index (χ0v) is 16.3. The lowest BCUT2D eigenvalue weighted by Gasteiger charge is -2.30. The highest BCUT2D eigenvalue weighted by Gasteiger charge is 2.22. The molecule has 0 aromatic heterocycles. The van der Waals surface area contributed by atoms with Gasteiger partial charge in [0, 0.05) is 12.1 Å². The Balaban J connectivity index is 0.00000261. The van der Waals surface area contributed by atoms with Gasteiger partial charge in [-0.05, 0) is 56.1 Å². The summed E-state index contributed by atoms with van der Waals surface area (Å²) in [6.07, 6.45) is 2.09. The van der Waals surface area contributed by atoms with Crippen LogP contribution in [0.4, 0.5) is 0 Å². The number of hydrogen-bond acceptors (Lipinski definition) is 4. The molecule has 2 N–H and O–H groups in total. The van der Waals surface area contributed by atoms with E-state index in [1.54, 1.807) is 0 Å². The molecule has 1 saturated heterocycles. The van der Waals surface area contributed by atoms with Gasteiger partial charge in [0.25, 0.3) is 5.91 Å². The molecule has 2 unspecified atom stereocenters. The van der Waals surface area contributed by atoms with E-state index < -0.39 is 0 Å². The third-order valence-electron chi connectivity index (χ3n) is 4.55. The minimum absolute atomic E-state index is 0. The van der Waals surface area contributed by atoms with Crippen molar-refractivity contribution in [1.29, 1.82) is 0 Å². The largest absolute Gasteiger partial charge is 0.489 e. The van der Waals surface area contributed by atoms with Crippen molar-refractivity contribution in [1.82, 2.24) is 10.6 Å². The number of rotatable bonds is 7. The van der Waals surface area contributed by atoms with Crippen LogP contribution in [0.3, 0.4) is 0 Å². The van der Waals surface area contributed by atoms with Crippen LogP contribution < -0.4 is 20.1 Å². The predicted octanol–water partition coefficient (Wildman–Crippen LogP) is 3.32. The van der Waals surface area contributed by atoms with Crippen molar-refractivity contribution in [2.24, 2.45) is 0 Å². The molecule has 2 aromatic carbocycles. The molecule has 2 aromatic rings. The molecule has 1 heterocycles. The molecule has 3 rings (SSSR count). The molecule has 6 heteroatoms. The maximum absolute atomic E-state index is 12.1. The van der Waals surface area contributed by atoms with Crippen LogP contribution in [0.1, 0.15) is 25.3 Å². The highest BCUT2D eigenvalue weighted by Crippen LogP contribution is 2.18. The first-order valence-corrected chi connectivity index (χ1v) is 9.13. The Morgan fingerprint density at radius 3 is 2.41 bits per heavy atom. The lowest BCUT2D eigenvalue weighted by Crippen LogP contribution is -2.52. The molecular formula is C21H27ClN2O3. The number of piperidine rings is 1. The molecule has 0 aliphatic carbocycles. The summed E-state index contributed by atoms with van der Waals surface area (Å²) < 4.78 is 11.3. The highest BCUT2D eigenvalue weighted by molar-refractivity contribution is 5.85. The van der Waals surface area contributed by atoms with E-state index in [2.05, 4.69) is 17.6 Å². The first-order chi connectivity index (χ1) is 12.7. The van der Waals surface area contributed by atoms with Gasteiger partial charge in [-0.1, -0.05) is 30.3 Å². The Kier molecular flexibility index (Phi) is 8.43. The van der Waals surface area contributed by atoms with Gasteiger partial charge in [-0.3, -0.25) is 4.79 Å². The van der Waals surface area contributed by atoms with Crippen molar-refractivity contribution in [2.75, 3.05) is 13.2 Å². The smallest absolute Gasteiger partial charge is 0.258 e. The average Bonchev–Trinajstić information content (AvgIpc) is 2.68. The third kappa shape index (κ3) is 6.77. The highest BCUT2D eigenvalue weighted by atomic mass is 35.5. The zero-order chi connectivity index (χ0) is 18.2. The molecule has 1 amide bonds. The molecule has 5 nitrogen and oxygen atoms in total. The van der Waals surface area contributed by atoms with Gasteiger partial charge >= 0.3 is 0 Å². The van der Waals surface area contributed by atoms with E-state index in [1.807, 2.05) is 54.6 Å². The fourth-order valence-corrected chi connectivity index (χ4v) is 3.01. The summed E-state index contributed by atoms with van der Waals surface area (Å²) in [6.45, 7) is 3.66. The quantitative estimate of drug-likeness (QED) is 0.761. The first kappa shape index (κ1) is 21.1. The van der Waals surface area contributed by atoms with Crippen LogP contribution in [0.25, 0.3) is 0 Å². The SMILES string of the molecule is CC1NCCCC1NC(=O)COc1ccc(OCc2ccccc2)cc1.Cl. The molecular weight excluding hydrogens is 364 g/mol. The van der Waals surface area contributed by atoms with E-state index in [9.17, 15) is 4.79 Å². The Labute approximate surface area is 166 Å². The topological polar surface area (TPSA) is 59.6 Å². The van der Waals surface area contributed by atoms with Crippen molar-refractivity contribution in [3.8, 4) is 11.5 Å². The standard InChI is InChI=1S/C21H26N2O3.ClH/c1-16-20(8-5-13-22-16)23-21(24)15-26-19-11-9-18(10-12-19)25-14-17-6-3-2-4-7-17;/h2-4,6-7,9-12,16,20,22H,5,8,13-15H2,1H3,(H,23,24);1H. The van der Waals surface area contributed by atoms with Crippen molar-refractivity contribution < 1.29 is 14.3 Å². The number of carbonyl (C=O) groups is 1. The molecule has 2 atom stereocenters. The van der Waals surface area contributed by atoms with E-state index in [4.69, 9.17) is 9.47 Å². The van der Waals surface area contributed by atoms with Crippen LogP contribution in [0.5, 0.6) is 11.5 Å². The van der Waals surface area contributed by atoms with Gasteiger partial charge in [-0.2, -0.15) is 0 Å². The second kappa shape index (κ2) is 10.8. The number of nitrogens with one attached hydrogen (secondary N) is 2. The normalized spacial score (nSPS) is 18.9. The second-order valence-corrected chi connectivity index (χ2v) is 6.59. The monoisotopic (exact) mass is 390 g/mol. The van der Waals surface area contributed by atoms with Crippen LogP contribution in [0.15, 0.2) is 54.6 Å². The summed E-state index contributed by atoms with van der Waals surface area (Å²) in [7, 11) is 0. The maximum Gasteiger partial charge on any atom is 0.258 e. The third-order valence-corrected chi connectivity index (χ3v) is 4.55. The molecule has 1 aliphatic heterocycles. The number of carbonyl (C=O) groups excluding carboxylic acids is 1. The van der Waals surface area contributed by atoms with E-state index in [1.165, 1.54) is 0 Å². The molecule has 1 fully saturated rings. The molecule has 1 aliphatic rings. The maximum atomic E-state index is 12.1. The average molecular weight is 391 g/mol. The minimum atomic E-state index is -0.0880. The van der Waals surface area contributed by atoms with Crippen LogP contribution in [0.2, 0.25) is 0 Å². The summed E-state index contributed by atoms with van der Waals surface area (Å²) in [5.41, 5.74) is 1.12. The summed E-state index contributed by atoms with van der Waals surface area (Å²) in [6, 6.07) is 17.8. The number of halogens is 1. The van der Waals surface area contributed by atoms with E-state index >= 15 is 0 Å². The number of benzene rings is 2. The summed E-state index contributed by atoms with van der Waals surface area (Å²) in [5.74, 6) is 1.34. The lowest BCUT2D eigenvalue weighted by atomic mass is 10.00. The fraction of sp³-hybridized carbons (Fsp3) is 0.381. The van der Waals surface area contributed by atoms with E-state index in [-0.39, 0.29) is 31.0 Å². The molecule has 0 bridgehead atoms. The van der Waals surface area contributed by atoms with Crippen molar-refractivity contribution >= 4 is 18.3 Å². The Morgan fingerprint density at radius 1 is 1.07 bits per heavy atom. The van der Waals surface area contributed by atoms with E-state index in [0.717, 1.165) is 30.7 Å². The molecule has 0 saturated carbocycles. The summed E-state index contributed by atoms with van der Waals surface area (Å²) in [5, 5.41) is 6.41. The molecule has 146 valence electrons. The number of hydrogen-bond donors (Lipinski definition) is 2. The molecule has 0 spiro atoms. The van der Waals surface area contributed by atoms with Gasteiger partial charge < -0.3 is 20.1 Å². The predicted molar refractivity (Wildman–Crippen MR) is 109 cm³/mol. The van der Waals surface area contributed by atoms with Gasteiger partial charge in [-0.15, -0.1) is 12.4 Å². The second-order valence-electron chi connectivity index (χ2n) is 6.59. The van der Waals surface area contributed by atoms with Gasteiger partial charge in [0.05, 0.1) is 0 Å². The van der Waals surface area contributed by atoms with Crippen LogP contribution >= 0.6 is 12.4 Å². The number of ether oxygens (including phenoxy) is 2. The van der Waals surface area contributed by atoms with E-state index in [0.29, 0.717) is 18.4 Å². The van der Waals surface area contributed by atoms with Crippen LogP contribution in [0, 0.1) is 0 Å². The Morgan fingerprint density at radius 2 is 1.74 bits per heavy atom. The van der Waals surface area contributed by atoms with Gasteiger partial charge in [0.15, 0.2) is 6.61 Å².